The van der Waals surface area contributed by atoms with Crippen molar-refractivity contribution < 1.29 is 5.11 Å². The van der Waals surface area contributed by atoms with Gasteiger partial charge in [0.1, 0.15) is 0 Å². The molecule has 1 aromatic heterocycles. The van der Waals surface area contributed by atoms with Crippen LogP contribution in [0, 0.1) is 0 Å². The zero-order valence-corrected chi connectivity index (χ0v) is 15.8. The van der Waals surface area contributed by atoms with Crippen molar-refractivity contribution in [1.82, 2.24) is 4.57 Å². The van der Waals surface area contributed by atoms with Crippen LogP contribution in [0.2, 0.25) is 0 Å². The van der Waals surface area contributed by atoms with Crippen molar-refractivity contribution in [3.05, 3.63) is 70.9 Å². The molecule has 2 heterocycles. The third-order valence-corrected chi connectivity index (χ3v) is 5.88. The molecule has 0 spiro atoms. The average molecular weight is 364 g/mol. The number of hydrogen-bond donors (Lipinski definition) is 3. The molecular weight excluding hydrogens is 334 g/mol. The van der Waals surface area contributed by atoms with Crippen LogP contribution in [-0.2, 0) is 25.8 Å². The second kappa shape index (κ2) is 7.85. The first kappa shape index (κ1) is 18.2. The molecule has 0 saturated carbocycles. The van der Waals surface area contributed by atoms with E-state index in [0.29, 0.717) is 6.42 Å². The third kappa shape index (κ3) is 3.53. The predicted molar refractivity (Wildman–Crippen MR) is 111 cm³/mol. The Bertz CT molecular complexity index is 931. The molecule has 0 amide bonds. The van der Waals surface area contributed by atoms with Crippen molar-refractivity contribution in [1.29, 1.82) is 0 Å². The molecule has 27 heavy (non-hydrogen) atoms. The minimum atomic E-state index is -0.221. The zero-order valence-electron chi connectivity index (χ0n) is 15.8. The lowest BCUT2D eigenvalue weighted by molar-refractivity contribution is 0.299. The smallest absolute Gasteiger partial charge is 0.0485 e. The molecule has 2 unspecified atom stereocenters. The lowest BCUT2D eigenvalue weighted by atomic mass is 9.92. The molecule has 1 aliphatic rings. The van der Waals surface area contributed by atoms with E-state index in [1.807, 2.05) is 18.2 Å². The quantitative estimate of drug-likeness (QED) is 0.630. The zero-order chi connectivity index (χ0) is 18.8. The molecule has 5 N–H and O–H groups in total. The van der Waals surface area contributed by atoms with Crippen LogP contribution in [0.5, 0.6) is 0 Å². The van der Waals surface area contributed by atoms with Crippen LogP contribution < -0.4 is 11.5 Å². The monoisotopic (exact) mass is 363 g/mol. The van der Waals surface area contributed by atoms with Gasteiger partial charge in [0.25, 0.3) is 0 Å². The molecule has 4 rings (SSSR count). The van der Waals surface area contributed by atoms with Gasteiger partial charge in [-0.05, 0) is 54.9 Å². The second-order valence-electron chi connectivity index (χ2n) is 7.66. The summed E-state index contributed by atoms with van der Waals surface area (Å²) in [6.07, 6.45) is 5.04. The van der Waals surface area contributed by atoms with Gasteiger partial charge in [0.2, 0.25) is 0 Å². The Labute approximate surface area is 160 Å². The summed E-state index contributed by atoms with van der Waals surface area (Å²) in [7, 11) is 0. The van der Waals surface area contributed by atoms with Crippen LogP contribution in [-0.4, -0.2) is 22.3 Å². The molecule has 0 aliphatic carbocycles. The lowest BCUT2D eigenvalue weighted by Crippen LogP contribution is -2.36. The van der Waals surface area contributed by atoms with E-state index in [1.54, 1.807) is 0 Å². The number of nitrogens with two attached hydrogens (primary N) is 2. The summed E-state index contributed by atoms with van der Waals surface area (Å²) < 4.78 is 2.48. The minimum Gasteiger partial charge on any atom is -0.396 e. The Hall–Kier alpha value is -2.14. The van der Waals surface area contributed by atoms with Gasteiger partial charge in [-0.15, -0.1) is 0 Å². The van der Waals surface area contributed by atoms with Crippen LogP contribution in [0.4, 0.5) is 0 Å². The fourth-order valence-electron chi connectivity index (χ4n) is 4.45. The summed E-state index contributed by atoms with van der Waals surface area (Å²) >= 11 is 0. The third-order valence-electron chi connectivity index (χ3n) is 5.88. The molecule has 4 heteroatoms. The number of aliphatic hydroxyl groups is 1. The van der Waals surface area contributed by atoms with Gasteiger partial charge in [0.15, 0.2) is 0 Å². The Balaban J connectivity index is 1.63. The Morgan fingerprint density at radius 1 is 1.04 bits per heavy atom. The van der Waals surface area contributed by atoms with Crippen LogP contribution in [0.3, 0.4) is 0 Å². The van der Waals surface area contributed by atoms with Crippen LogP contribution in [0.1, 0.15) is 41.3 Å². The van der Waals surface area contributed by atoms with E-state index in [-0.39, 0.29) is 18.7 Å². The number of aryl methyl sites for hydroxylation is 1. The average Bonchev–Trinajstić information content (AvgIpc) is 3.02. The minimum absolute atomic E-state index is 0.146. The maximum atomic E-state index is 9.18. The van der Waals surface area contributed by atoms with Crippen molar-refractivity contribution >= 4 is 10.9 Å². The van der Waals surface area contributed by atoms with Crippen LogP contribution in [0.15, 0.2) is 48.5 Å². The summed E-state index contributed by atoms with van der Waals surface area (Å²) in [6, 6.07) is 16.4. The van der Waals surface area contributed by atoms with Crippen molar-refractivity contribution in [3.63, 3.8) is 0 Å². The van der Waals surface area contributed by atoms with Gasteiger partial charge in [-0.2, -0.15) is 0 Å². The first-order valence-electron chi connectivity index (χ1n) is 9.99. The summed E-state index contributed by atoms with van der Waals surface area (Å²) in [4.78, 5) is 0. The number of fused-ring (bicyclic) bond motifs is 3. The highest BCUT2D eigenvalue weighted by molar-refractivity contribution is 5.85. The highest BCUT2D eigenvalue weighted by atomic mass is 16.2. The van der Waals surface area contributed by atoms with E-state index in [2.05, 4.69) is 34.9 Å². The molecule has 0 bridgehead atoms. The van der Waals surface area contributed by atoms with E-state index < -0.39 is 0 Å². The first-order chi connectivity index (χ1) is 13.2. The molecule has 3 aromatic rings. The molecular formula is C23H29N3O. The van der Waals surface area contributed by atoms with Gasteiger partial charge in [-0.3, -0.25) is 0 Å². The predicted octanol–water partition coefficient (Wildman–Crippen LogP) is 3.08. The Morgan fingerprint density at radius 2 is 1.89 bits per heavy atom. The molecule has 2 atom stereocenters. The molecule has 0 fully saturated rings. The van der Waals surface area contributed by atoms with Crippen LogP contribution in [0.25, 0.3) is 10.9 Å². The fourth-order valence-corrected chi connectivity index (χ4v) is 4.45. The normalized spacial score (nSPS) is 16.3. The number of hydrogen-bond acceptors (Lipinski definition) is 3. The summed E-state index contributed by atoms with van der Waals surface area (Å²) in [5.74, 6) is 0. The fraction of sp³-hybridized carbons (Fsp3) is 0.391. The number of nitrogens with zero attached hydrogens (tertiary/aromatic N) is 1. The van der Waals surface area contributed by atoms with Gasteiger partial charge in [-0.1, -0.05) is 42.5 Å². The molecule has 1 aliphatic heterocycles. The van der Waals surface area contributed by atoms with Crippen molar-refractivity contribution in [2.45, 2.75) is 50.7 Å². The lowest BCUT2D eigenvalue weighted by Gasteiger charge is -2.23. The SMILES string of the molecule is NC(Cc1c2n(c3ccccc13)CCCC2)C(N)c1cccc(CCO)c1. The van der Waals surface area contributed by atoms with Gasteiger partial charge in [-0.25, -0.2) is 0 Å². The molecule has 0 saturated heterocycles. The molecule has 142 valence electrons. The number of benzene rings is 2. The van der Waals surface area contributed by atoms with E-state index in [1.165, 1.54) is 35.0 Å². The number of aromatic nitrogens is 1. The second-order valence-corrected chi connectivity index (χ2v) is 7.66. The van der Waals surface area contributed by atoms with Gasteiger partial charge in [0, 0.05) is 41.8 Å². The highest BCUT2D eigenvalue weighted by Gasteiger charge is 2.23. The van der Waals surface area contributed by atoms with Crippen molar-refractivity contribution in [3.8, 4) is 0 Å². The van der Waals surface area contributed by atoms with Gasteiger partial charge < -0.3 is 21.1 Å². The summed E-state index contributed by atoms with van der Waals surface area (Å²) in [5, 5.41) is 10.5. The number of aliphatic hydroxyl groups excluding tert-OH is 1. The van der Waals surface area contributed by atoms with Crippen molar-refractivity contribution in [2.75, 3.05) is 6.61 Å². The molecule has 2 aromatic carbocycles. The van der Waals surface area contributed by atoms with E-state index in [4.69, 9.17) is 11.5 Å². The van der Waals surface area contributed by atoms with Crippen LogP contribution >= 0.6 is 0 Å². The topological polar surface area (TPSA) is 77.2 Å². The summed E-state index contributed by atoms with van der Waals surface area (Å²) in [5.41, 5.74) is 19.4. The Kier molecular flexibility index (Phi) is 5.30. The van der Waals surface area contributed by atoms with E-state index in [0.717, 1.165) is 30.5 Å². The van der Waals surface area contributed by atoms with Gasteiger partial charge in [0.05, 0.1) is 0 Å². The maximum absolute atomic E-state index is 9.18. The van der Waals surface area contributed by atoms with E-state index >= 15 is 0 Å². The van der Waals surface area contributed by atoms with Crippen molar-refractivity contribution in [2.24, 2.45) is 11.5 Å². The first-order valence-corrected chi connectivity index (χ1v) is 9.99. The standard InChI is InChI=1S/C23H29N3O/c24-20(23(25)17-7-5-6-16(14-17)11-13-27)15-19-18-8-1-2-9-21(18)26-12-4-3-10-22(19)26/h1-2,5-9,14,20,23,27H,3-4,10-13,15,24-25H2. The number of para-hydroxylation sites is 1. The highest BCUT2D eigenvalue weighted by Crippen LogP contribution is 2.32. The maximum Gasteiger partial charge on any atom is 0.0485 e. The van der Waals surface area contributed by atoms with E-state index in [9.17, 15) is 5.11 Å². The van der Waals surface area contributed by atoms with Gasteiger partial charge >= 0.3 is 0 Å². The molecule has 4 nitrogen and oxygen atoms in total. The largest absolute Gasteiger partial charge is 0.396 e. The summed E-state index contributed by atoms with van der Waals surface area (Å²) in [6.45, 7) is 1.24. The number of rotatable bonds is 6. The molecule has 0 radical (unpaired) electrons. The Morgan fingerprint density at radius 3 is 2.74 bits per heavy atom.